The quantitative estimate of drug-likeness (QED) is 0.885. The van der Waals surface area contributed by atoms with E-state index in [1.165, 1.54) is 5.56 Å². The van der Waals surface area contributed by atoms with Crippen molar-refractivity contribution in [3.05, 3.63) is 59.7 Å². The summed E-state index contributed by atoms with van der Waals surface area (Å²) in [5.41, 5.74) is 2.59. The SMILES string of the molecule is O=C1CCSc2ccc(C(=O)N3CCC[C@@H]3c3ccccc3)cc2N1. The molecule has 2 aromatic rings. The number of anilines is 1. The second kappa shape index (κ2) is 6.92. The Morgan fingerprint density at radius 1 is 1.16 bits per heavy atom. The van der Waals surface area contributed by atoms with Crippen molar-refractivity contribution >= 4 is 29.3 Å². The van der Waals surface area contributed by atoms with Crippen LogP contribution in [-0.2, 0) is 4.79 Å². The molecule has 5 heteroatoms. The fourth-order valence-electron chi connectivity index (χ4n) is 3.55. The molecule has 1 atom stereocenters. The molecule has 0 unspecified atom stereocenters. The summed E-state index contributed by atoms with van der Waals surface area (Å²) in [6, 6.07) is 16.0. The lowest BCUT2D eigenvalue weighted by molar-refractivity contribution is -0.115. The van der Waals surface area contributed by atoms with Crippen LogP contribution in [0, 0.1) is 0 Å². The summed E-state index contributed by atoms with van der Waals surface area (Å²) in [6.45, 7) is 0.774. The molecule has 0 spiro atoms. The Balaban J connectivity index is 1.61. The molecule has 0 saturated carbocycles. The number of nitrogens with zero attached hydrogens (tertiary/aromatic N) is 1. The monoisotopic (exact) mass is 352 g/mol. The highest BCUT2D eigenvalue weighted by atomic mass is 32.2. The van der Waals surface area contributed by atoms with Gasteiger partial charge in [0.2, 0.25) is 5.91 Å². The van der Waals surface area contributed by atoms with Crippen molar-refractivity contribution in [3.8, 4) is 0 Å². The number of amides is 2. The Kier molecular flexibility index (Phi) is 4.49. The molecule has 1 saturated heterocycles. The number of thioether (sulfide) groups is 1. The first-order chi connectivity index (χ1) is 12.2. The van der Waals surface area contributed by atoms with Crippen LogP contribution in [0.1, 0.15) is 41.2 Å². The van der Waals surface area contributed by atoms with Crippen LogP contribution in [0.25, 0.3) is 0 Å². The first-order valence-electron chi connectivity index (χ1n) is 8.65. The number of likely N-dealkylation sites (tertiary alicyclic amines) is 1. The number of carbonyl (C=O) groups is 2. The van der Waals surface area contributed by atoms with Crippen LogP contribution in [-0.4, -0.2) is 29.0 Å². The van der Waals surface area contributed by atoms with Gasteiger partial charge in [0.1, 0.15) is 0 Å². The van der Waals surface area contributed by atoms with E-state index in [2.05, 4.69) is 17.4 Å². The summed E-state index contributed by atoms with van der Waals surface area (Å²) in [5.74, 6) is 0.825. The molecule has 2 amide bonds. The maximum atomic E-state index is 13.1. The molecule has 0 radical (unpaired) electrons. The molecule has 4 rings (SSSR count). The van der Waals surface area contributed by atoms with Gasteiger partial charge in [-0.1, -0.05) is 30.3 Å². The van der Waals surface area contributed by atoms with E-state index in [1.807, 2.05) is 41.3 Å². The number of carbonyl (C=O) groups excluding carboxylic acids is 2. The Hall–Kier alpha value is -2.27. The van der Waals surface area contributed by atoms with Crippen LogP contribution >= 0.6 is 11.8 Å². The highest BCUT2D eigenvalue weighted by Gasteiger charge is 2.30. The summed E-state index contributed by atoms with van der Waals surface area (Å²) in [4.78, 5) is 27.9. The molecule has 1 N–H and O–H groups in total. The average molecular weight is 352 g/mol. The molecular weight excluding hydrogens is 332 g/mol. The van der Waals surface area contributed by atoms with Crippen molar-refractivity contribution in [1.29, 1.82) is 0 Å². The van der Waals surface area contributed by atoms with Crippen LogP contribution in [0.4, 0.5) is 5.69 Å². The van der Waals surface area contributed by atoms with Crippen molar-refractivity contribution < 1.29 is 9.59 Å². The minimum absolute atomic E-state index is 0.0131. The summed E-state index contributed by atoms with van der Waals surface area (Å²) >= 11 is 1.66. The minimum atomic E-state index is 0.0131. The van der Waals surface area contributed by atoms with Gasteiger partial charge in [-0.05, 0) is 36.6 Å². The number of benzene rings is 2. The predicted octanol–water partition coefficient (Wildman–Crippen LogP) is 4.10. The van der Waals surface area contributed by atoms with Gasteiger partial charge in [0.05, 0.1) is 11.7 Å². The fraction of sp³-hybridized carbons (Fsp3) is 0.300. The topological polar surface area (TPSA) is 49.4 Å². The maximum Gasteiger partial charge on any atom is 0.254 e. The van der Waals surface area contributed by atoms with Gasteiger partial charge in [-0.25, -0.2) is 0 Å². The van der Waals surface area contributed by atoms with Crippen LogP contribution in [0.3, 0.4) is 0 Å². The van der Waals surface area contributed by atoms with Crippen molar-refractivity contribution in [2.24, 2.45) is 0 Å². The molecule has 2 aliphatic rings. The third kappa shape index (κ3) is 3.29. The van der Waals surface area contributed by atoms with Gasteiger partial charge in [-0.3, -0.25) is 9.59 Å². The molecule has 0 bridgehead atoms. The summed E-state index contributed by atoms with van der Waals surface area (Å²) < 4.78 is 0. The molecule has 0 aliphatic carbocycles. The third-order valence-electron chi connectivity index (χ3n) is 4.79. The van der Waals surface area contributed by atoms with Crippen LogP contribution in [0.2, 0.25) is 0 Å². The number of hydrogen-bond acceptors (Lipinski definition) is 3. The van der Waals surface area contributed by atoms with E-state index in [1.54, 1.807) is 11.8 Å². The lowest BCUT2D eigenvalue weighted by Gasteiger charge is -2.25. The van der Waals surface area contributed by atoms with Gasteiger partial charge >= 0.3 is 0 Å². The van der Waals surface area contributed by atoms with Crippen LogP contribution < -0.4 is 5.32 Å². The number of rotatable bonds is 2. The normalized spacial score (nSPS) is 19.9. The van der Waals surface area contributed by atoms with Gasteiger partial charge in [-0.2, -0.15) is 0 Å². The zero-order valence-corrected chi connectivity index (χ0v) is 14.7. The minimum Gasteiger partial charge on any atom is -0.332 e. The van der Waals surface area contributed by atoms with E-state index in [4.69, 9.17) is 0 Å². The Morgan fingerprint density at radius 3 is 2.84 bits per heavy atom. The van der Waals surface area contributed by atoms with E-state index in [0.717, 1.165) is 35.7 Å². The molecule has 2 aliphatic heterocycles. The van der Waals surface area contributed by atoms with E-state index in [9.17, 15) is 9.59 Å². The average Bonchev–Trinajstić information content (AvgIpc) is 3.05. The van der Waals surface area contributed by atoms with Gasteiger partial charge < -0.3 is 10.2 Å². The lowest BCUT2D eigenvalue weighted by atomic mass is 10.0. The molecule has 25 heavy (non-hydrogen) atoms. The number of fused-ring (bicyclic) bond motifs is 1. The predicted molar refractivity (Wildman–Crippen MR) is 99.9 cm³/mol. The molecule has 2 heterocycles. The Morgan fingerprint density at radius 2 is 2.00 bits per heavy atom. The first-order valence-corrected chi connectivity index (χ1v) is 9.63. The van der Waals surface area contributed by atoms with Gasteiger partial charge in [0, 0.05) is 29.2 Å². The molecule has 1 fully saturated rings. The molecular formula is C20H20N2O2S. The van der Waals surface area contributed by atoms with Crippen LogP contribution in [0.15, 0.2) is 53.4 Å². The van der Waals surface area contributed by atoms with Gasteiger partial charge in [0.25, 0.3) is 5.91 Å². The van der Waals surface area contributed by atoms with Gasteiger partial charge in [-0.15, -0.1) is 11.8 Å². The van der Waals surface area contributed by atoms with Crippen molar-refractivity contribution in [1.82, 2.24) is 4.90 Å². The van der Waals surface area contributed by atoms with Crippen LogP contribution in [0.5, 0.6) is 0 Å². The largest absolute Gasteiger partial charge is 0.332 e. The molecule has 4 nitrogen and oxygen atoms in total. The Bertz CT molecular complexity index is 807. The highest BCUT2D eigenvalue weighted by Crippen LogP contribution is 2.35. The van der Waals surface area contributed by atoms with E-state index in [-0.39, 0.29) is 17.9 Å². The van der Waals surface area contributed by atoms with Gasteiger partial charge in [0.15, 0.2) is 0 Å². The summed E-state index contributed by atoms with van der Waals surface area (Å²) in [6.07, 6.45) is 2.51. The van der Waals surface area contributed by atoms with Crippen molar-refractivity contribution in [2.75, 3.05) is 17.6 Å². The second-order valence-corrected chi connectivity index (χ2v) is 7.56. The molecule has 0 aromatic heterocycles. The maximum absolute atomic E-state index is 13.1. The van der Waals surface area contributed by atoms with Crippen molar-refractivity contribution in [3.63, 3.8) is 0 Å². The van der Waals surface area contributed by atoms with Crippen molar-refractivity contribution in [2.45, 2.75) is 30.2 Å². The fourth-order valence-corrected chi connectivity index (χ4v) is 4.49. The highest BCUT2D eigenvalue weighted by molar-refractivity contribution is 7.99. The number of hydrogen-bond donors (Lipinski definition) is 1. The smallest absolute Gasteiger partial charge is 0.254 e. The zero-order chi connectivity index (χ0) is 17.2. The molecule has 2 aromatic carbocycles. The standard InChI is InChI=1S/C20H20N2O2S/c23-19-10-12-25-18-9-8-15(13-16(18)21-19)20(24)22-11-4-7-17(22)14-5-2-1-3-6-14/h1-3,5-6,8-9,13,17H,4,7,10-12H2,(H,21,23)/t17-/m1/s1. The first kappa shape index (κ1) is 16.2. The van der Waals surface area contributed by atoms with E-state index < -0.39 is 0 Å². The lowest BCUT2D eigenvalue weighted by Crippen LogP contribution is -2.30. The van der Waals surface area contributed by atoms with E-state index >= 15 is 0 Å². The summed E-state index contributed by atoms with van der Waals surface area (Å²) in [7, 11) is 0. The third-order valence-corrected chi connectivity index (χ3v) is 5.86. The zero-order valence-electron chi connectivity index (χ0n) is 13.9. The summed E-state index contributed by atoms with van der Waals surface area (Å²) in [5, 5.41) is 2.92. The Labute approximate surface area is 151 Å². The van der Waals surface area contributed by atoms with E-state index in [0.29, 0.717) is 12.0 Å². The molecule has 128 valence electrons. The second-order valence-electron chi connectivity index (χ2n) is 6.42. The number of nitrogens with one attached hydrogen (secondary N) is 1.